The third kappa shape index (κ3) is 4.93. The van der Waals surface area contributed by atoms with Gasteiger partial charge in [-0.05, 0) is 24.1 Å². The van der Waals surface area contributed by atoms with Gasteiger partial charge < -0.3 is 24.3 Å². The topological polar surface area (TPSA) is 98.0 Å². The fourth-order valence-corrected chi connectivity index (χ4v) is 2.04. The minimum Gasteiger partial charge on any atom is -0.493 e. The van der Waals surface area contributed by atoms with Gasteiger partial charge in [-0.3, -0.25) is 4.79 Å². The van der Waals surface area contributed by atoms with Crippen LogP contribution in [0.1, 0.15) is 26.5 Å². The van der Waals surface area contributed by atoms with Crippen LogP contribution in [-0.2, 0) is 6.42 Å². The lowest BCUT2D eigenvalue weighted by Crippen LogP contribution is -2.25. The Kier molecular flexibility index (Phi) is 5.93. The zero-order valence-electron chi connectivity index (χ0n) is 13.1. The van der Waals surface area contributed by atoms with Crippen molar-refractivity contribution in [2.45, 2.75) is 13.0 Å². The lowest BCUT2D eigenvalue weighted by molar-refractivity contribution is -0.0512. The van der Waals surface area contributed by atoms with Gasteiger partial charge in [-0.25, -0.2) is 4.79 Å². The normalized spacial score (nSPS) is 10.6. The van der Waals surface area contributed by atoms with Gasteiger partial charge in [-0.1, -0.05) is 6.07 Å². The summed E-state index contributed by atoms with van der Waals surface area (Å²) < 4.78 is 39.0. The van der Waals surface area contributed by atoms with Crippen LogP contribution in [0.5, 0.6) is 11.5 Å². The van der Waals surface area contributed by atoms with Gasteiger partial charge in [0.25, 0.3) is 5.91 Å². The lowest BCUT2D eigenvalue weighted by atomic mass is 10.1. The molecule has 0 bridgehead atoms. The molecule has 0 saturated heterocycles. The number of hydrogen-bond donors (Lipinski definition) is 2. The number of amides is 1. The Labute approximate surface area is 141 Å². The van der Waals surface area contributed by atoms with Crippen LogP contribution in [0.4, 0.5) is 8.78 Å². The van der Waals surface area contributed by atoms with Crippen LogP contribution in [0.25, 0.3) is 0 Å². The molecule has 2 N–H and O–H groups in total. The number of nitrogens with one attached hydrogen (secondary N) is 1. The summed E-state index contributed by atoms with van der Waals surface area (Å²) in [5.74, 6) is -1.84. The first-order valence-corrected chi connectivity index (χ1v) is 7.12. The third-order valence-corrected chi connectivity index (χ3v) is 3.21. The van der Waals surface area contributed by atoms with Gasteiger partial charge in [0.2, 0.25) is 0 Å². The molecule has 0 saturated carbocycles. The van der Waals surface area contributed by atoms with Crippen LogP contribution in [0, 0.1) is 0 Å². The number of methoxy groups -OCH3 is 1. The number of benzene rings is 1. The number of carboxylic acid groups (broad SMARTS) is 1. The average molecular weight is 355 g/mol. The molecule has 1 heterocycles. The second kappa shape index (κ2) is 8.13. The molecule has 0 spiro atoms. The molecule has 0 unspecified atom stereocenters. The molecular weight excluding hydrogens is 340 g/mol. The number of alkyl halides is 2. The van der Waals surface area contributed by atoms with Gasteiger partial charge in [0.15, 0.2) is 17.3 Å². The van der Waals surface area contributed by atoms with Crippen LogP contribution in [0.3, 0.4) is 0 Å². The van der Waals surface area contributed by atoms with Crippen molar-refractivity contribution in [2.24, 2.45) is 0 Å². The Balaban J connectivity index is 1.94. The molecule has 7 nitrogen and oxygen atoms in total. The summed E-state index contributed by atoms with van der Waals surface area (Å²) in [6.07, 6.45) is 1.30. The minimum atomic E-state index is -2.98. The highest BCUT2D eigenvalue weighted by Gasteiger charge is 2.15. The quantitative estimate of drug-likeness (QED) is 0.755. The molecule has 0 aliphatic heterocycles. The molecule has 1 aromatic heterocycles. The van der Waals surface area contributed by atoms with Crippen LogP contribution in [-0.4, -0.2) is 37.2 Å². The minimum absolute atomic E-state index is 0.0986. The molecular formula is C16H15F2NO6. The van der Waals surface area contributed by atoms with Gasteiger partial charge in [-0.2, -0.15) is 8.78 Å². The van der Waals surface area contributed by atoms with Crippen molar-refractivity contribution in [2.75, 3.05) is 13.7 Å². The zero-order chi connectivity index (χ0) is 18.4. The fraction of sp³-hybridized carbons (Fsp3) is 0.250. The van der Waals surface area contributed by atoms with E-state index in [1.807, 2.05) is 0 Å². The number of furan rings is 1. The number of carbonyl (C=O) groups is 2. The molecule has 1 amide bonds. The summed E-state index contributed by atoms with van der Waals surface area (Å²) in [6, 6.07) is 5.64. The summed E-state index contributed by atoms with van der Waals surface area (Å²) in [6.45, 7) is -2.80. The van der Waals surface area contributed by atoms with Crippen LogP contribution in [0.2, 0.25) is 0 Å². The summed E-state index contributed by atoms with van der Waals surface area (Å²) in [5, 5.41) is 11.3. The molecule has 1 aromatic carbocycles. The van der Waals surface area contributed by atoms with E-state index in [9.17, 15) is 18.4 Å². The maximum absolute atomic E-state index is 12.4. The van der Waals surface area contributed by atoms with Crippen molar-refractivity contribution in [1.29, 1.82) is 0 Å². The van der Waals surface area contributed by atoms with Gasteiger partial charge in [0.05, 0.1) is 12.7 Å². The van der Waals surface area contributed by atoms with Crippen LogP contribution in [0.15, 0.2) is 34.9 Å². The molecule has 9 heteroatoms. The van der Waals surface area contributed by atoms with Crippen molar-refractivity contribution in [3.05, 3.63) is 47.4 Å². The second-order valence-corrected chi connectivity index (χ2v) is 4.87. The molecule has 25 heavy (non-hydrogen) atoms. The number of rotatable bonds is 8. The predicted molar refractivity (Wildman–Crippen MR) is 81.3 cm³/mol. The first kappa shape index (κ1) is 18.2. The van der Waals surface area contributed by atoms with E-state index >= 15 is 0 Å². The Morgan fingerprint density at radius 3 is 2.64 bits per heavy atom. The lowest BCUT2D eigenvalue weighted by Gasteiger charge is -2.11. The number of carboxylic acids is 1. The highest BCUT2D eigenvalue weighted by molar-refractivity contribution is 5.95. The summed E-state index contributed by atoms with van der Waals surface area (Å²) in [5.41, 5.74) is 0.511. The van der Waals surface area contributed by atoms with E-state index in [1.165, 1.54) is 19.2 Å². The van der Waals surface area contributed by atoms with Gasteiger partial charge in [0, 0.05) is 12.6 Å². The van der Waals surface area contributed by atoms with E-state index in [1.54, 1.807) is 6.07 Å². The van der Waals surface area contributed by atoms with E-state index in [0.717, 1.165) is 12.3 Å². The van der Waals surface area contributed by atoms with Crippen molar-refractivity contribution in [3.8, 4) is 11.5 Å². The Morgan fingerprint density at radius 1 is 1.28 bits per heavy atom. The Hall–Kier alpha value is -3.10. The maximum Gasteiger partial charge on any atom is 0.387 e. The van der Waals surface area contributed by atoms with Crippen molar-refractivity contribution in [1.82, 2.24) is 5.32 Å². The first-order chi connectivity index (χ1) is 11.9. The number of halogens is 2. The largest absolute Gasteiger partial charge is 0.493 e. The molecule has 2 aromatic rings. The number of carbonyl (C=O) groups excluding carboxylic acids is 1. The standard InChI is InChI=1S/C16H15F2NO6/c1-23-11-3-2-9(6-12(11)25-16(17)18)4-5-19-14(20)13-7-10(8-24-13)15(21)22/h2-3,6-8,16H,4-5H2,1H3,(H,19,20)(H,21,22). The number of hydrogen-bond acceptors (Lipinski definition) is 5. The SMILES string of the molecule is COc1ccc(CCNC(=O)c2cc(C(=O)O)co2)cc1OC(F)F. The smallest absolute Gasteiger partial charge is 0.387 e. The maximum atomic E-state index is 12.4. The summed E-state index contributed by atoms with van der Waals surface area (Å²) in [4.78, 5) is 22.6. The van der Waals surface area contributed by atoms with Crippen molar-refractivity contribution >= 4 is 11.9 Å². The van der Waals surface area contributed by atoms with Gasteiger partial charge >= 0.3 is 12.6 Å². The van der Waals surface area contributed by atoms with E-state index in [-0.39, 0.29) is 29.4 Å². The molecule has 0 fully saturated rings. The Bertz CT molecular complexity index is 759. The summed E-state index contributed by atoms with van der Waals surface area (Å²) in [7, 11) is 1.34. The molecule has 0 atom stereocenters. The van der Waals surface area contributed by atoms with E-state index in [4.69, 9.17) is 14.3 Å². The molecule has 0 radical (unpaired) electrons. The van der Waals surface area contributed by atoms with Crippen LogP contribution >= 0.6 is 0 Å². The van der Waals surface area contributed by atoms with Crippen molar-refractivity contribution < 1.29 is 37.4 Å². The van der Waals surface area contributed by atoms with E-state index in [2.05, 4.69) is 10.1 Å². The van der Waals surface area contributed by atoms with Gasteiger partial charge in [-0.15, -0.1) is 0 Å². The highest BCUT2D eigenvalue weighted by atomic mass is 19.3. The number of aromatic carboxylic acids is 1. The van der Waals surface area contributed by atoms with E-state index < -0.39 is 18.5 Å². The van der Waals surface area contributed by atoms with E-state index in [0.29, 0.717) is 12.0 Å². The first-order valence-electron chi connectivity index (χ1n) is 7.12. The van der Waals surface area contributed by atoms with Crippen LogP contribution < -0.4 is 14.8 Å². The molecule has 0 aliphatic carbocycles. The van der Waals surface area contributed by atoms with Crippen molar-refractivity contribution in [3.63, 3.8) is 0 Å². The predicted octanol–water partition coefficient (Wildman–Crippen LogP) is 2.56. The highest BCUT2D eigenvalue weighted by Crippen LogP contribution is 2.29. The van der Waals surface area contributed by atoms with Gasteiger partial charge in [0.1, 0.15) is 6.26 Å². The molecule has 2 rings (SSSR count). The molecule has 134 valence electrons. The number of ether oxygens (including phenoxy) is 2. The monoisotopic (exact) mass is 355 g/mol. The Morgan fingerprint density at radius 2 is 2.04 bits per heavy atom. The zero-order valence-corrected chi connectivity index (χ0v) is 13.1. The molecule has 0 aliphatic rings. The average Bonchev–Trinajstić information content (AvgIpc) is 3.05. The third-order valence-electron chi connectivity index (χ3n) is 3.21. The fourth-order valence-electron chi connectivity index (χ4n) is 2.04. The summed E-state index contributed by atoms with van der Waals surface area (Å²) >= 11 is 0. The second-order valence-electron chi connectivity index (χ2n) is 4.87.